The predicted octanol–water partition coefficient (Wildman–Crippen LogP) is 3.41. The number of benzene rings is 1. The summed E-state index contributed by atoms with van der Waals surface area (Å²) in [6.45, 7) is 6.25. The molecule has 1 unspecified atom stereocenters. The molecule has 2 rings (SSSR count). The molecule has 0 aromatic heterocycles. The second kappa shape index (κ2) is 7.84. The third kappa shape index (κ3) is 5.00. The molecule has 1 aromatic rings. The molecular formula is C15H22Cl3N3O. The van der Waals surface area contributed by atoms with Gasteiger partial charge in [0.05, 0.1) is 17.3 Å². The van der Waals surface area contributed by atoms with Gasteiger partial charge in [-0.25, -0.2) is 0 Å². The molecule has 4 nitrogen and oxygen atoms in total. The van der Waals surface area contributed by atoms with Gasteiger partial charge in [0.1, 0.15) is 0 Å². The first-order valence-electron chi connectivity index (χ1n) is 7.01. The quantitative estimate of drug-likeness (QED) is 0.862. The van der Waals surface area contributed by atoms with Crippen molar-refractivity contribution >= 4 is 47.2 Å². The van der Waals surface area contributed by atoms with Crippen molar-refractivity contribution in [2.75, 3.05) is 25.0 Å². The van der Waals surface area contributed by atoms with Crippen LogP contribution in [-0.4, -0.2) is 36.5 Å². The van der Waals surface area contributed by atoms with E-state index in [9.17, 15) is 4.79 Å². The maximum atomic E-state index is 12.2. The number of nitrogens with one attached hydrogen (secondary N) is 1. The van der Waals surface area contributed by atoms with Gasteiger partial charge in [-0.05, 0) is 30.0 Å². The number of nitrogens with two attached hydrogens (primary N) is 1. The van der Waals surface area contributed by atoms with E-state index in [-0.39, 0.29) is 29.8 Å². The van der Waals surface area contributed by atoms with Crippen LogP contribution in [0.4, 0.5) is 5.69 Å². The van der Waals surface area contributed by atoms with Gasteiger partial charge in [-0.2, -0.15) is 0 Å². The summed E-state index contributed by atoms with van der Waals surface area (Å²) in [5.41, 5.74) is 6.67. The maximum Gasteiger partial charge on any atom is 0.238 e. The Balaban J connectivity index is 0.00000242. The largest absolute Gasteiger partial charge is 0.327 e. The van der Waals surface area contributed by atoms with E-state index in [1.54, 1.807) is 18.2 Å². The number of amides is 1. The second-order valence-corrected chi connectivity index (χ2v) is 7.11. The molecule has 1 atom stereocenters. The second-order valence-electron chi connectivity index (χ2n) is 6.27. The Hall–Kier alpha value is -0.520. The van der Waals surface area contributed by atoms with Crippen molar-refractivity contribution in [2.24, 2.45) is 11.1 Å². The number of likely N-dealkylation sites (tertiary alicyclic amines) is 1. The van der Waals surface area contributed by atoms with Crippen LogP contribution in [0.1, 0.15) is 20.3 Å². The summed E-state index contributed by atoms with van der Waals surface area (Å²) in [7, 11) is 0. The Labute approximate surface area is 147 Å². The van der Waals surface area contributed by atoms with Crippen LogP contribution in [0.3, 0.4) is 0 Å². The molecule has 0 spiro atoms. The van der Waals surface area contributed by atoms with Gasteiger partial charge in [0.2, 0.25) is 5.91 Å². The molecule has 1 fully saturated rings. The van der Waals surface area contributed by atoms with E-state index >= 15 is 0 Å². The predicted molar refractivity (Wildman–Crippen MR) is 95.2 cm³/mol. The van der Waals surface area contributed by atoms with Gasteiger partial charge < -0.3 is 11.1 Å². The third-order valence-corrected chi connectivity index (χ3v) is 4.53. The minimum absolute atomic E-state index is 0. The number of carbonyl (C=O) groups is 1. The molecule has 0 bridgehead atoms. The Kier molecular flexibility index (Phi) is 6.96. The van der Waals surface area contributed by atoms with E-state index in [4.69, 9.17) is 28.9 Å². The number of carbonyl (C=O) groups excluding carboxylic acids is 1. The molecule has 1 aromatic carbocycles. The molecule has 0 saturated carbocycles. The molecule has 1 aliphatic heterocycles. The van der Waals surface area contributed by atoms with E-state index in [1.165, 1.54) is 0 Å². The Morgan fingerprint density at radius 2 is 2.14 bits per heavy atom. The zero-order valence-electron chi connectivity index (χ0n) is 12.7. The molecule has 1 aliphatic rings. The first-order valence-corrected chi connectivity index (χ1v) is 7.76. The van der Waals surface area contributed by atoms with Gasteiger partial charge in [0.25, 0.3) is 0 Å². The smallest absolute Gasteiger partial charge is 0.238 e. The lowest BCUT2D eigenvalue weighted by Crippen LogP contribution is -2.53. The van der Waals surface area contributed by atoms with Crippen LogP contribution in [0.15, 0.2) is 18.2 Å². The van der Waals surface area contributed by atoms with E-state index in [0.29, 0.717) is 22.3 Å². The van der Waals surface area contributed by atoms with Gasteiger partial charge in [-0.1, -0.05) is 37.0 Å². The van der Waals surface area contributed by atoms with Crippen LogP contribution in [0.5, 0.6) is 0 Å². The zero-order chi connectivity index (χ0) is 15.6. The average molecular weight is 367 g/mol. The summed E-state index contributed by atoms with van der Waals surface area (Å²) >= 11 is 12.0. The zero-order valence-corrected chi connectivity index (χ0v) is 15.1. The van der Waals surface area contributed by atoms with E-state index in [0.717, 1.165) is 19.5 Å². The van der Waals surface area contributed by atoms with Gasteiger partial charge >= 0.3 is 0 Å². The summed E-state index contributed by atoms with van der Waals surface area (Å²) in [6.07, 6.45) is 0.901. The van der Waals surface area contributed by atoms with Crippen molar-refractivity contribution < 1.29 is 4.79 Å². The molecule has 1 heterocycles. The summed E-state index contributed by atoms with van der Waals surface area (Å²) in [5.74, 6) is -0.0922. The first kappa shape index (κ1) is 19.5. The number of halogens is 3. The topological polar surface area (TPSA) is 58.4 Å². The van der Waals surface area contributed by atoms with E-state index < -0.39 is 0 Å². The minimum atomic E-state index is -0.0922. The summed E-state index contributed by atoms with van der Waals surface area (Å²) in [6, 6.07) is 5.19. The molecule has 7 heteroatoms. The number of rotatable bonds is 3. The van der Waals surface area contributed by atoms with Crippen LogP contribution in [0, 0.1) is 5.41 Å². The number of anilines is 1. The molecular weight excluding hydrogens is 345 g/mol. The van der Waals surface area contributed by atoms with Crippen molar-refractivity contribution in [1.82, 2.24) is 4.90 Å². The lowest BCUT2D eigenvalue weighted by atomic mass is 9.80. The van der Waals surface area contributed by atoms with Gasteiger partial charge in [-0.3, -0.25) is 9.69 Å². The highest BCUT2D eigenvalue weighted by atomic mass is 35.5. The van der Waals surface area contributed by atoms with Crippen LogP contribution < -0.4 is 11.1 Å². The van der Waals surface area contributed by atoms with Gasteiger partial charge in [0.15, 0.2) is 0 Å². The summed E-state index contributed by atoms with van der Waals surface area (Å²) in [5, 5.41) is 3.83. The van der Waals surface area contributed by atoms with Crippen molar-refractivity contribution in [3.8, 4) is 0 Å². The van der Waals surface area contributed by atoms with E-state index in [2.05, 4.69) is 24.1 Å². The Morgan fingerprint density at radius 3 is 2.77 bits per heavy atom. The summed E-state index contributed by atoms with van der Waals surface area (Å²) in [4.78, 5) is 14.3. The van der Waals surface area contributed by atoms with Gasteiger partial charge in [-0.15, -0.1) is 12.4 Å². The monoisotopic (exact) mass is 365 g/mol. The normalized spacial score (nSPS) is 21.0. The Morgan fingerprint density at radius 1 is 1.45 bits per heavy atom. The first-order chi connectivity index (χ1) is 9.78. The SMILES string of the molecule is CC1(C)CN(CC(=O)Nc2cc(Cl)ccc2Cl)CCC1N.Cl. The number of nitrogens with zero attached hydrogens (tertiary/aromatic N) is 1. The lowest BCUT2D eigenvalue weighted by molar-refractivity contribution is -0.118. The molecule has 124 valence electrons. The van der Waals surface area contributed by atoms with Crippen molar-refractivity contribution in [2.45, 2.75) is 26.3 Å². The average Bonchev–Trinajstić information content (AvgIpc) is 2.38. The molecule has 22 heavy (non-hydrogen) atoms. The standard InChI is InChI=1S/C15H21Cl2N3O.ClH/c1-15(2)9-20(6-5-13(15)18)8-14(21)19-12-7-10(16)3-4-11(12)17;/h3-4,7,13H,5-6,8-9,18H2,1-2H3,(H,19,21);1H. The van der Waals surface area contributed by atoms with Crippen molar-refractivity contribution in [3.63, 3.8) is 0 Å². The Bertz CT molecular complexity index is 537. The number of hydrogen-bond donors (Lipinski definition) is 2. The number of piperidine rings is 1. The van der Waals surface area contributed by atoms with E-state index in [1.807, 2.05) is 0 Å². The fourth-order valence-corrected chi connectivity index (χ4v) is 2.94. The highest BCUT2D eigenvalue weighted by molar-refractivity contribution is 6.35. The molecule has 0 radical (unpaired) electrons. The lowest BCUT2D eigenvalue weighted by Gasteiger charge is -2.42. The third-order valence-electron chi connectivity index (χ3n) is 3.96. The minimum Gasteiger partial charge on any atom is -0.327 e. The maximum absolute atomic E-state index is 12.2. The highest BCUT2D eigenvalue weighted by Gasteiger charge is 2.33. The van der Waals surface area contributed by atoms with Crippen LogP contribution in [0.25, 0.3) is 0 Å². The number of hydrogen-bond acceptors (Lipinski definition) is 3. The van der Waals surface area contributed by atoms with Crippen LogP contribution >= 0.6 is 35.6 Å². The molecule has 3 N–H and O–H groups in total. The summed E-state index contributed by atoms with van der Waals surface area (Å²) < 4.78 is 0. The molecule has 0 aliphatic carbocycles. The highest BCUT2D eigenvalue weighted by Crippen LogP contribution is 2.28. The fraction of sp³-hybridized carbons (Fsp3) is 0.533. The molecule has 1 amide bonds. The van der Waals surface area contributed by atoms with Crippen LogP contribution in [-0.2, 0) is 4.79 Å². The van der Waals surface area contributed by atoms with Crippen molar-refractivity contribution in [3.05, 3.63) is 28.2 Å². The molecule has 1 saturated heterocycles. The van der Waals surface area contributed by atoms with Crippen molar-refractivity contribution in [1.29, 1.82) is 0 Å². The van der Waals surface area contributed by atoms with Gasteiger partial charge in [0, 0.05) is 24.2 Å². The fourth-order valence-electron chi connectivity index (χ4n) is 2.61. The van der Waals surface area contributed by atoms with Crippen LogP contribution in [0.2, 0.25) is 10.0 Å².